The zero-order valence-electron chi connectivity index (χ0n) is 11.8. The summed E-state index contributed by atoms with van der Waals surface area (Å²) in [5, 5.41) is 10.8. The van der Waals surface area contributed by atoms with Gasteiger partial charge < -0.3 is 4.57 Å². The van der Waals surface area contributed by atoms with Gasteiger partial charge in [0.25, 0.3) is 0 Å². The number of nitrogens with zero attached hydrogens (tertiary/aromatic N) is 3. The smallest absolute Gasteiger partial charge is 0.191 e. The van der Waals surface area contributed by atoms with Crippen LogP contribution in [-0.2, 0) is 12.8 Å². The minimum atomic E-state index is 0.689. The summed E-state index contributed by atoms with van der Waals surface area (Å²) >= 11 is 13.7. The Morgan fingerprint density at radius 1 is 1.00 bits per heavy atom. The van der Waals surface area contributed by atoms with E-state index in [0.717, 1.165) is 32.9 Å². The van der Waals surface area contributed by atoms with Crippen molar-refractivity contribution in [1.29, 1.82) is 0 Å². The van der Waals surface area contributed by atoms with Crippen LogP contribution >= 0.6 is 35.0 Å². The van der Waals surface area contributed by atoms with Gasteiger partial charge in [0.2, 0.25) is 0 Å². The molecule has 2 aromatic carbocycles. The molecule has 6 heteroatoms. The zero-order chi connectivity index (χ0) is 15.5. The van der Waals surface area contributed by atoms with Crippen molar-refractivity contribution in [3.63, 3.8) is 0 Å². The van der Waals surface area contributed by atoms with Crippen LogP contribution in [-0.4, -0.2) is 14.8 Å². The summed E-state index contributed by atoms with van der Waals surface area (Å²) in [6.45, 7) is 0. The predicted molar refractivity (Wildman–Crippen MR) is 92.5 cm³/mol. The number of hydrogen-bond donors (Lipinski definition) is 0. The minimum Gasteiger partial charge on any atom is -0.305 e. The summed E-state index contributed by atoms with van der Waals surface area (Å²) in [6.07, 6.45) is 0. The summed E-state index contributed by atoms with van der Waals surface area (Å²) in [4.78, 5) is 0. The molecular weight excluding hydrogens is 337 g/mol. The molecule has 1 heterocycles. The Labute approximate surface area is 143 Å². The van der Waals surface area contributed by atoms with E-state index in [1.165, 1.54) is 0 Å². The number of halogens is 2. The average molecular weight is 350 g/mol. The van der Waals surface area contributed by atoms with E-state index in [1.54, 1.807) is 11.8 Å². The molecule has 0 amide bonds. The van der Waals surface area contributed by atoms with Gasteiger partial charge in [-0.2, -0.15) is 0 Å². The van der Waals surface area contributed by atoms with E-state index >= 15 is 0 Å². The molecule has 3 aromatic rings. The SMILES string of the molecule is Cn1c(SCc2cccc(Cl)c2)nnc1-c1cccc(Cl)c1. The quantitative estimate of drug-likeness (QED) is 0.615. The van der Waals surface area contributed by atoms with E-state index in [-0.39, 0.29) is 0 Å². The first-order valence-electron chi connectivity index (χ1n) is 6.66. The van der Waals surface area contributed by atoms with Crippen LogP contribution in [0.15, 0.2) is 53.7 Å². The maximum atomic E-state index is 6.03. The molecule has 3 rings (SSSR count). The first-order valence-corrected chi connectivity index (χ1v) is 8.40. The zero-order valence-corrected chi connectivity index (χ0v) is 14.2. The lowest BCUT2D eigenvalue weighted by Gasteiger charge is -2.04. The summed E-state index contributed by atoms with van der Waals surface area (Å²) < 4.78 is 1.97. The van der Waals surface area contributed by atoms with Crippen molar-refractivity contribution in [3.05, 3.63) is 64.1 Å². The topological polar surface area (TPSA) is 30.7 Å². The Morgan fingerprint density at radius 3 is 2.45 bits per heavy atom. The van der Waals surface area contributed by atoms with Crippen LogP contribution in [0.25, 0.3) is 11.4 Å². The second-order valence-electron chi connectivity index (χ2n) is 4.79. The standard InChI is InChI=1S/C16H13Cl2N3S/c1-21-15(12-5-3-7-14(18)9-12)19-20-16(21)22-10-11-4-2-6-13(17)8-11/h2-9H,10H2,1H3. The number of rotatable bonds is 4. The van der Waals surface area contributed by atoms with Crippen LogP contribution in [0.3, 0.4) is 0 Å². The first kappa shape index (κ1) is 15.4. The lowest BCUT2D eigenvalue weighted by molar-refractivity contribution is 0.794. The molecule has 0 unspecified atom stereocenters. The fourth-order valence-electron chi connectivity index (χ4n) is 2.09. The second kappa shape index (κ2) is 6.73. The predicted octanol–water partition coefficient (Wildman–Crippen LogP) is 5.08. The van der Waals surface area contributed by atoms with Crippen LogP contribution < -0.4 is 0 Å². The average Bonchev–Trinajstić information content (AvgIpc) is 2.86. The third-order valence-electron chi connectivity index (χ3n) is 3.17. The highest BCUT2D eigenvalue weighted by atomic mass is 35.5. The molecule has 0 aliphatic rings. The molecule has 3 nitrogen and oxygen atoms in total. The molecule has 0 radical (unpaired) electrons. The van der Waals surface area contributed by atoms with Gasteiger partial charge in [-0.15, -0.1) is 10.2 Å². The third-order valence-corrected chi connectivity index (χ3v) is 4.74. The molecular formula is C16H13Cl2N3S. The highest BCUT2D eigenvalue weighted by Crippen LogP contribution is 2.27. The summed E-state index contributed by atoms with van der Waals surface area (Å²) in [7, 11) is 1.95. The molecule has 1 aromatic heterocycles. The molecule has 0 spiro atoms. The monoisotopic (exact) mass is 349 g/mol. The van der Waals surface area contributed by atoms with Crippen LogP contribution in [0.1, 0.15) is 5.56 Å². The Balaban J connectivity index is 1.79. The third kappa shape index (κ3) is 3.46. The van der Waals surface area contributed by atoms with Crippen molar-refractivity contribution < 1.29 is 0 Å². The van der Waals surface area contributed by atoms with Crippen molar-refractivity contribution in [2.45, 2.75) is 10.9 Å². The van der Waals surface area contributed by atoms with Gasteiger partial charge in [0, 0.05) is 28.4 Å². The fraction of sp³-hybridized carbons (Fsp3) is 0.125. The van der Waals surface area contributed by atoms with E-state index in [1.807, 2.05) is 60.1 Å². The van der Waals surface area contributed by atoms with E-state index < -0.39 is 0 Å². The molecule has 0 saturated carbocycles. The minimum absolute atomic E-state index is 0.689. The molecule has 112 valence electrons. The molecule has 0 bridgehead atoms. The van der Waals surface area contributed by atoms with Gasteiger partial charge >= 0.3 is 0 Å². The van der Waals surface area contributed by atoms with Crippen molar-refractivity contribution in [3.8, 4) is 11.4 Å². The Bertz CT molecular complexity index is 802. The number of aromatic nitrogens is 3. The van der Waals surface area contributed by atoms with Crippen LogP contribution in [0.5, 0.6) is 0 Å². The lowest BCUT2D eigenvalue weighted by Crippen LogP contribution is -1.95. The Morgan fingerprint density at radius 2 is 1.73 bits per heavy atom. The summed E-state index contributed by atoms with van der Waals surface area (Å²) in [5.74, 6) is 1.60. The molecule has 0 fully saturated rings. The number of hydrogen-bond acceptors (Lipinski definition) is 3. The molecule has 0 saturated heterocycles. The Kier molecular flexibility index (Phi) is 4.71. The largest absolute Gasteiger partial charge is 0.305 e. The van der Waals surface area contributed by atoms with Gasteiger partial charge in [0.05, 0.1) is 0 Å². The van der Waals surface area contributed by atoms with Gasteiger partial charge in [0.15, 0.2) is 11.0 Å². The number of thioether (sulfide) groups is 1. The summed E-state index contributed by atoms with van der Waals surface area (Å²) in [5.41, 5.74) is 2.11. The van der Waals surface area contributed by atoms with Gasteiger partial charge in [-0.3, -0.25) is 0 Å². The molecule has 22 heavy (non-hydrogen) atoms. The molecule has 0 atom stereocenters. The van der Waals surface area contributed by atoms with Gasteiger partial charge in [-0.1, -0.05) is 59.2 Å². The van der Waals surface area contributed by atoms with Gasteiger partial charge in [-0.25, -0.2) is 0 Å². The van der Waals surface area contributed by atoms with E-state index in [2.05, 4.69) is 10.2 Å². The van der Waals surface area contributed by atoms with Crippen molar-refractivity contribution in [1.82, 2.24) is 14.8 Å². The van der Waals surface area contributed by atoms with Crippen molar-refractivity contribution in [2.24, 2.45) is 7.05 Å². The van der Waals surface area contributed by atoms with E-state index in [0.29, 0.717) is 5.02 Å². The van der Waals surface area contributed by atoms with E-state index in [9.17, 15) is 0 Å². The lowest BCUT2D eigenvalue weighted by atomic mass is 10.2. The van der Waals surface area contributed by atoms with Gasteiger partial charge in [0.1, 0.15) is 0 Å². The van der Waals surface area contributed by atoms with Crippen molar-refractivity contribution >= 4 is 35.0 Å². The maximum absolute atomic E-state index is 6.03. The van der Waals surface area contributed by atoms with Crippen LogP contribution in [0.2, 0.25) is 10.0 Å². The van der Waals surface area contributed by atoms with Crippen molar-refractivity contribution in [2.75, 3.05) is 0 Å². The highest BCUT2D eigenvalue weighted by molar-refractivity contribution is 7.98. The second-order valence-corrected chi connectivity index (χ2v) is 6.61. The highest BCUT2D eigenvalue weighted by Gasteiger charge is 2.11. The molecule has 0 N–H and O–H groups in total. The van der Waals surface area contributed by atoms with Gasteiger partial charge in [-0.05, 0) is 29.8 Å². The summed E-state index contributed by atoms with van der Waals surface area (Å²) in [6, 6.07) is 15.4. The normalized spacial score (nSPS) is 10.9. The van der Waals surface area contributed by atoms with Crippen LogP contribution in [0.4, 0.5) is 0 Å². The molecule has 0 aliphatic heterocycles. The maximum Gasteiger partial charge on any atom is 0.191 e. The fourth-order valence-corrected chi connectivity index (χ4v) is 3.35. The number of benzene rings is 2. The van der Waals surface area contributed by atoms with Crippen LogP contribution in [0, 0.1) is 0 Å². The Hall–Kier alpha value is -1.49. The molecule has 0 aliphatic carbocycles. The van der Waals surface area contributed by atoms with E-state index in [4.69, 9.17) is 23.2 Å². The first-order chi connectivity index (χ1) is 10.6.